The number of rotatable bonds is 3. The normalized spacial score (nSPS) is 10.4. The van der Waals surface area contributed by atoms with Crippen molar-refractivity contribution < 1.29 is 0 Å². The summed E-state index contributed by atoms with van der Waals surface area (Å²) >= 11 is 9.59. The molecule has 0 spiro atoms. The number of halogens is 2. The van der Waals surface area contributed by atoms with Crippen LogP contribution in [0.4, 0.5) is 5.69 Å². The van der Waals surface area contributed by atoms with Crippen LogP contribution in [-0.4, -0.2) is 0 Å². The topological polar surface area (TPSA) is 12.0 Å². The fraction of sp³-hybridized carbons (Fsp3) is 0.200. The summed E-state index contributed by atoms with van der Waals surface area (Å²) in [7, 11) is 0. The zero-order valence-electron chi connectivity index (χ0n) is 10.4. The minimum atomic E-state index is 0.732. The van der Waals surface area contributed by atoms with E-state index in [4.69, 9.17) is 11.6 Å². The lowest BCUT2D eigenvalue weighted by Gasteiger charge is -2.13. The molecule has 0 saturated heterocycles. The van der Waals surface area contributed by atoms with Crippen molar-refractivity contribution in [3.8, 4) is 0 Å². The molecule has 2 aromatic rings. The van der Waals surface area contributed by atoms with E-state index in [9.17, 15) is 0 Å². The molecular formula is C15H15BrClN. The maximum absolute atomic E-state index is 6.18. The van der Waals surface area contributed by atoms with Gasteiger partial charge < -0.3 is 5.32 Å². The van der Waals surface area contributed by atoms with Crippen LogP contribution in [0.25, 0.3) is 0 Å². The summed E-state index contributed by atoms with van der Waals surface area (Å²) in [6.45, 7) is 5.06. The van der Waals surface area contributed by atoms with Crippen molar-refractivity contribution in [1.82, 2.24) is 0 Å². The highest BCUT2D eigenvalue weighted by Crippen LogP contribution is 2.26. The van der Waals surface area contributed by atoms with Gasteiger partial charge in [0.15, 0.2) is 0 Å². The quantitative estimate of drug-likeness (QED) is 0.804. The fourth-order valence-electron chi connectivity index (χ4n) is 1.94. The highest BCUT2D eigenvalue weighted by Gasteiger charge is 2.04. The first kappa shape index (κ1) is 13.4. The second-order valence-electron chi connectivity index (χ2n) is 4.35. The predicted octanol–water partition coefficient (Wildman–Crippen LogP) is 5.33. The van der Waals surface area contributed by atoms with Crippen molar-refractivity contribution in [3.05, 3.63) is 62.6 Å². The Labute approximate surface area is 121 Å². The minimum absolute atomic E-state index is 0.732. The van der Waals surface area contributed by atoms with E-state index >= 15 is 0 Å². The summed E-state index contributed by atoms with van der Waals surface area (Å²) in [4.78, 5) is 0. The van der Waals surface area contributed by atoms with Crippen molar-refractivity contribution in [3.63, 3.8) is 0 Å². The maximum atomic E-state index is 6.18. The monoisotopic (exact) mass is 323 g/mol. The standard InChI is InChI=1S/C15H15BrClN/c1-10-4-3-5-11(2)13(10)9-18-15-7-6-12(16)8-14(15)17/h3-8,18H,9H2,1-2H3. The summed E-state index contributed by atoms with van der Waals surface area (Å²) in [5.74, 6) is 0. The van der Waals surface area contributed by atoms with Gasteiger partial charge in [0.2, 0.25) is 0 Å². The SMILES string of the molecule is Cc1cccc(C)c1CNc1ccc(Br)cc1Cl. The smallest absolute Gasteiger partial charge is 0.0648 e. The van der Waals surface area contributed by atoms with Crippen LogP contribution in [0.15, 0.2) is 40.9 Å². The van der Waals surface area contributed by atoms with Crippen LogP contribution in [0, 0.1) is 13.8 Å². The molecule has 1 nitrogen and oxygen atoms in total. The van der Waals surface area contributed by atoms with Crippen molar-refractivity contribution in [1.29, 1.82) is 0 Å². The number of aryl methyl sites for hydroxylation is 2. The zero-order chi connectivity index (χ0) is 13.1. The lowest BCUT2D eigenvalue weighted by molar-refractivity contribution is 1.09. The van der Waals surface area contributed by atoms with Gasteiger partial charge in [-0.15, -0.1) is 0 Å². The second kappa shape index (κ2) is 5.77. The average molecular weight is 325 g/mol. The second-order valence-corrected chi connectivity index (χ2v) is 5.67. The van der Waals surface area contributed by atoms with E-state index in [0.717, 1.165) is 21.7 Å². The molecule has 3 heteroatoms. The van der Waals surface area contributed by atoms with E-state index in [2.05, 4.69) is 53.3 Å². The molecule has 2 aromatic carbocycles. The van der Waals surface area contributed by atoms with E-state index < -0.39 is 0 Å². The maximum Gasteiger partial charge on any atom is 0.0648 e. The fourth-order valence-corrected chi connectivity index (χ4v) is 2.68. The predicted molar refractivity (Wildman–Crippen MR) is 82.4 cm³/mol. The molecule has 1 N–H and O–H groups in total. The first-order chi connectivity index (χ1) is 8.58. The summed E-state index contributed by atoms with van der Waals surface area (Å²) in [6, 6.07) is 12.2. The first-order valence-electron chi connectivity index (χ1n) is 5.82. The van der Waals surface area contributed by atoms with Gasteiger partial charge >= 0.3 is 0 Å². The first-order valence-corrected chi connectivity index (χ1v) is 6.99. The highest BCUT2D eigenvalue weighted by molar-refractivity contribution is 9.10. The number of hydrogen-bond acceptors (Lipinski definition) is 1. The molecule has 0 radical (unpaired) electrons. The van der Waals surface area contributed by atoms with Gasteiger partial charge in [-0.25, -0.2) is 0 Å². The van der Waals surface area contributed by atoms with Gasteiger partial charge in [0.1, 0.15) is 0 Å². The van der Waals surface area contributed by atoms with Crippen molar-refractivity contribution in [2.45, 2.75) is 20.4 Å². The van der Waals surface area contributed by atoms with Crippen LogP contribution >= 0.6 is 27.5 Å². The van der Waals surface area contributed by atoms with Crippen LogP contribution in [0.3, 0.4) is 0 Å². The van der Waals surface area contributed by atoms with Crippen LogP contribution in [0.2, 0.25) is 5.02 Å². The molecule has 0 amide bonds. The Morgan fingerprint density at radius 1 is 1.11 bits per heavy atom. The molecular weight excluding hydrogens is 310 g/mol. The molecule has 2 rings (SSSR count). The molecule has 0 saturated carbocycles. The Morgan fingerprint density at radius 3 is 2.39 bits per heavy atom. The third-order valence-corrected chi connectivity index (χ3v) is 3.84. The molecule has 0 unspecified atom stereocenters. The van der Waals surface area contributed by atoms with Gasteiger partial charge in [-0.05, 0) is 48.7 Å². The lowest BCUT2D eigenvalue weighted by Crippen LogP contribution is -2.03. The molecule has 0 aliphatic carbocycles. The number of benzene rings is 2. The highest BCUT2D eigenvalue weighted by atomic mass is 79.9. The molecule has 18 heavy (non-hydrogen) atoms. The van der Waals surface area contributed by atoms with E-state index in [0.29, 0.717) is 0 Å². The third-order valence-electron chi connectivity index (χ3n) is 3.03. The number of anilines is 1. The molecule has 0 fully saturated rings. The largest absolute Gasteiger partial charge is 0.380 e. The van der Waals surface area contributed by atoms with Gasteiger partial charge in [0.25, 0.3) is 0 Å². The van der Waals surface area contributed by atoms with Crippen LogP contribution in [0.5, 0.6) is 0 Å². The summed E-state index contributed by atoms with van der Waals surface area (Å²) in [5.41, 5.74) is 4.89. The van der Waals surface area contributed by atoms with Gasteiger partial charge in [-0.2, -0.15) is 0 Å². The van der Waals surface area contributed by atoms with E-state index in [-0.39, 0.29) is 0 Å². The molecule has 0 aliphatic heterocycles. The summed E-state index contributed by atoms with van der Waals surface area (Å²) in [6.07, 6.45) is 0. The van der Waals surface area contributed by atoms with Crippen LogP contribution in [0.1, 0.15) is 16.7 Å². The molecule has 0 bridgehead atoms. The molecule has 94 valence electrons. The van der Waals surface area contributed by atoms with Crippen LogP contribution in [-0.2, 0) is 6.54 Å². The summed E-state index contributed by atoms with van der Waals surface area (Å²) in [5, 5.41) is 4.12. The zero-order valence-corrected chi connectivity index (χ0v) is 12.8. The van der Waals surface area contributed by atoms with Gasteiger partial charge in [-0.1, -0.05) is 45.7 Å². The molecule has 0 heterocycles. The van der Waals surface area contributed by atoms with Crippen LogP contribution < -0.4 is 5.32 Å². The van der Waals surface area contributed by atoms with Gasteiger partial charge in [0.05, 0.1) is 10.7 Å². The van der Waals surface area contributed by atoms with Gasteiger partial charge in [0, 0.05) is 11.0 Å². The van der Waals surface area contributed by atoms with Crippen molar-refractivity contribution in [2.24, 2.45) is 0 Å². The molecule has 0 atom stereocenters. The Bertz CT molecular complexity index is 546. The number of hydrogen-bond donors (Lipinski definition) is 1. The van der Waals surface area contributed by atoms with E-state index in [1.54, 1.807) is 0 Å². The van der Waals surface area contributed by atoms with E-state index in [1.807, 2.05) is 18.2 Å². The average Bonchev–Trinajstić information content (AvgIpc) is 2.31. The third kappa shape index (κ3) is 3.06. The molecule has 0 aromatic heterocycles. The minimum Gasteiger partial charge on any atom is -0.380 e. The Morgan fingerprint density at radius 2 is 1.78 bits per heavy atom. The van der Waals surface area contributed by atoms with Crippen molar-refractivity contribution in [2.75, 3.05) is 5.32 Å². The summed E-state index contributed by atoms with van der Waals surface area (Å²) < 4.78 is 0.991. The molecule has 0 aliphatic rings. The van der Waals surface area contributed by atoms with Crippen molar-refractivity contribution >= 4 is 33.2 Å². The Balaban J connectivity index is 2.16. The van der Waals surface area contributed by atoms with Gasteiger partial charge in [-0.3, -0.25) is 0 Å². The van der Waals surface area contributed by atoms with E-state index in [1.165, 1.54) is 16.7 Å². The number of nitrogens with one attached hydrogen (secondary N) is 1. The Kier molecular flexibility index (Phi) is 4.31. The Hall–Kier alpha value is -0.990. The lowest BCUT2D eigenvalue weighted by atomic mass is 10.0.